The molecule has 1 aromatic heterocycles. The average molecular weight is 403 g/mol. The fourth-order valence-electron chi connectivity index (χ4n) is 2.89. The van der Waals surface area contributed by atoms with Gasteiger partial charge in [-0.15, -0.1) is 0 Å². The van der Waals surface area contributed by atoms with Crippen LogP contribution in [0, 0.1) is 5.92 Å². The number of carbonyl (C=O) groups is 1. The summed E-state index contributed by atoms with van der Waals surface area (Å²) in [4.78, 5) is 15.8. The van der Waals surface area contributed by atoms with Crippen molar-refractivity contribution in [3.63, 3.8) is 0 Å². The van der Waals surface area contributed by atoms with Crippen molar-refractivity contribution in [3.05, 3.63) is 60.2 Å². The van der Waals surface area contributed by atoms with Gasteiger partial charge in [-0.2, -0.15) is 18.2 Å². The van der Waals surface area contributed by atoms with E-state index in [9.17, 15) is 18.0 Å². The molecule has 0 aliphatic carbocycles. The maximum absolute atomic E-state index is 12.7. The van der Waals surface area contributed by atoms with E-state index < -0.39 is 18.1 Å². The minimum Gasteiger partial charge on any atom is -0.341 e. The molecule has 0 saturated carbocycles. The van der Waals surface area contributed by atoms with Crippen LogP contribution < -0.4 is 5.32 Å². The monoisotopic (exact) mass is 403 g/mol. The van der Waals surface area contributed by atoms with Gasteiger partial charge in [0.15, 0.2) is 0 Å². The van der Waals surface area contributed by atoms with Crippen LogP contribution in [0.3, 0.4) is 0 Å². The molecule has 0 spiro atoms. The zero-order valence-electron chi connectivity index (χ0n) is 15.9. The smallest absolute Gasteiger partial charge is 0.341 e. The highest BCUT2D eigenvalue weighted by Crippen LogP contribution is 2.29. The molecular weight excluding hydrogens is 383 g/mol. The average Bonchev–Trinajstić information content (AvgIpc) is 3.21. The van der Waals surface area contributed by atoms with Crippen LogP contribution in [-0.4, -0.2) is 22.2 Å². The molecule has 1 unspecified atom stereocenters. The molecule has 0 saturated heterocycles. The fourth-order valence-corrected chi connectivity index (χ4v) is 2.89. The van der Waals surface area contributed by atoms with Gasteiger partial charge < -0.3 is 9.84 Å². The summed E-state index contributed by atoms with van der Waals surface area (Å²) in [5.74, 6) is -1.38. The number of nitrogens with zero attached hydrogens (tertiary/aromatic N) is 2. The summed E-state index contributed by atoms with van der Waals surface area (Å²) in [5.41, 5.74) is 2.02. The molecule has 0 bridgehead atoms. The van der Waals surface area contributed by atoms with Crippen molar-refractivity contribution in [1.29, 1.82) is 0 Å². The minimum atomic E-state index is -4.93. The van der Waals surface area contributed by atoms with Crippen LogP contribution in [0.5, 0.6) is 0 Å². The van der Waals surface area contributed by atoms with Crippen LogP contribution in [0.2, 0.25) is 0 Å². The van der Waals surface area contributed by atoms with Crippen molar-refractivity contribution in [2.45, 2.75) is 32.5 Å². The molecule has 1 amide bonds. The first-order chi connectivity index (χ1) is 13.8. The van der Waals surface area contributed by atoms with Gasteiger partial charge in [0.25, 0.3) is 5.89 Å². The van der Waals surface area contributed by atoms with Gasteiger partial charge >= 0.3 is 12.1 Å². The van der Waals surface area contributed by atoms with Crippen LogP contribution in [0.15, 0.2) is 59.1 Å². The number of hydrogen-bond acceptors (Lipinski definition) is 4. The summed E-state index contributed by atoms with van der Waals surface area (Å²) in [7, 11) is 0. The van der Waals surface area contributed by atoms with E-state index in [0.717, 1.165) is 5.56 Å². The Kier molecular flexibility index (Phi) is 6.00. The molecule has 0 aliphatic heterocycles. The van der Waals surface area contributed by atoms with E-state index in [1.165, 1.54) is 0 Å². The molecule has 0 fully saturated rings. The second-order valence-corrected chi connectivity index (χ2v) is 6.75. The second kappa shape index (κ2) is 8.46. The van der Waals surface area contributed by atoms with Crippen LogP contribution >= 0.6 is 0 Å². The largest absolute Gasteiger partial charge is 0.471 e. The van der Waals surface area contributed by atoms with E-state index in [0.29, 0.717) is 29.3 Å². The molecule has 0 radical (unpaired) electrons. The Morgan fingerprint density at radius 1 is 1.07 bits per heavy atom. The lowest BCUT2D eigenvalue weighted by Crippen LogP contribution is -2.41. The van der Waals surface area contributed by atoms with Gasteiger partial charge in [-0.05, 0) is 23.6 Å². The van der Waals surface area contributed by atoms with Crippen molar-refractivity contribution in [3.8, 4) is 22.8 Å². The summed E-state index contributed by atoms with van der Waals surface area (Å²) < 4.78 is 43.3. The predicted octanol–water partition coefficient (Wildman–Crippen LogP) is 5.17. The summed E-state index contributed by atoms with van der Waals surface area (Å²) in [5, 5.41) is 6.06. The Hall–Kier alpha value is -3.16. The Morgan fingerprint density at radius 3 is 2.31 bits per heavy atom. The SMILES string of the molecule is CCC(C)[C@H](NC(=O)C(F)(F)F)c1ccc(-c2noc(-c3ccccc3)n2)cc1. The predicted molar refractivity (Wildman–Crippen MR) is 102 cm³/mol. The summed E-state index contributed by atoms with van der Waals surface area (Å²) in [6.07, 6.45) is -4.32. The zero-order valence-corrected chi connectivity index (χ0v) is 15.9. The van der Waals surface area contributed by atoms with E-state index in [1.807, 2.05) is 37.3 Å². The van der Waals surface area contributed by atoms with Crippen molar-refractivity contribution >= 4 is 5.91 Å². The first-order valence-electron chi connectivity index (χ1n) is 9.16. The number of amides is 1. The Bertz CT molecular complexity index is 953. The van der Waals surface area contributed by atoms with Crippen LogP contribution in [0.4, 0.5) is 13.2 Å². The topological polar surface area (TPSA) is 68.0 Å². The number of carbonyl (C=O) groups excluding carboxylic acids is 1. The van der Waals surface area contributed by atoms with Crippen molar-refractivity contribution in [2.75, 3.05) is 0 Å². The molecule has 0 aliphatic rings. The summed E-state index contributed by atoms with van der Waals surface area (Å²) in [6, 6.07) is 15.3. The van der Waals surface area contributed by atoms with Gasteiger partial charge in [-0.25, -0.2) is 0 Å². The van der Waals surface area contributed by atoms with E-state index in [4.69, 9.17) is 4.52 Å². The van der Waals surface area contributed by atoms with E-state index in [-0.39, 0.29) is 5.92 Å². The standard InChI is InChI=1S/C21H20F3N3O2/c1-3-13(2)17(25-20(28)21(22,23)24)14-9-11-15(12-10-14)18-26-19(29-27-18)16-7-5-4-6-8-16/h4-13,17H,3H2,1-2H3,(H,25,28)/t13?,17-/m0/s1. The molecule has 5 nitrogen and oxygen atoms in total. The zero-order chi connectivity index (χ0) is 21.0. The lowest BCUT2D eigenvalue weighted by Gasteiger charge is -2.25. The van der Waals surface area contributed by atoms with Gasteiger partial charge in [0.05, 0.1) is 6.04 Å². The molecule has 8 heteroatoms. The third-order valence-corrected chi connectivity index (χ3v) is 4.73. The third-order valence-electron chi connectivity index (χ3n) is 4.73. The van der Waals surface area contributed by atoms with Gasteiger partial charge in [0.1, 0.15) is 0 Å². The van der Waals surface area contributed by atoms with Crippen LogP contribution in [0.1, 0.15) is 31.9 Å². The Morgan fingerprint density at radius 2 is 1.72 bits per heavy atom. The van der Waals surface area contributed by atoms with Crippen LogP contribution in [-0.2, 0) is 4.79 Å². The Balaban J connectivity index is 1.82. The van der Waals surface area contributed by atoms with Crippen molar-refractivity contribution in [1.82, 2.24) is 15.5 Å². The van der Waals surface area contributed by atoms with Gasteiger partial charge in [-0.3, -0.25) is 4.79 Å². The highest BCUT2D eigenvalue weighted by atomic mass is 19.4. The lowest BCUT2D eigenvalue weighted by molar-refractivity contribution is -0.174. The van der Waals surface area contributed by atoms with E-state index in [1.54, 1.807) is 31.2 Å². The molecule has 1 N–H and O–H groups in total. The molecular formula is C21H20F3N3O2. The highest BCUT2D eigenvalue weighted by molar-refractivity contribution is 5.82. The van der Waals surface area contributed by atoms with Crippen LogP contribution in [0.25, 0.3) is 22.8 Å². The summed E-state index contributed by atoms with van der Waals surface area (Å²) in [6.45, 7) is 3.65. The highest BCUT2D eigenvalue weighted by Gasteiger charge is 2.40. The number of benzene rings is 2. The number of rotatable bonds is 6. The molecule has 152 valence electrons. The molecule has 2 atom stereocenters. The number of aromatic nitrogens is 2. The number of halogens is 3. The molecule has 29 heavy (non-hydrogen) atoms. The molecule has 3 rings (SSSR count). The first kappa shape index (κ1) is 20.6. The summed E-state index contributed by atoms with van der Waals surface area (Å²) >= 11 is 0. The van der Waals surface area contributed by atoms with E-state index >= 15 is 0 Å². The maximum Gasteiger partial charge on any atom is 0.471 e. The number of hydrogen-bond donors (Lipinski definition) is 1. The fraction of sp³-hybridized carbons (Fsp3) is 0.286. The van der Waals surface area contributed by atoms with Gasteiger partial charge in [0, 0.05) is 11.1 Å². The normalized spacial score (nSPS) is 13.7. The number of alkyl halides is 3. The molecule has 1 heterocycles. The van der Waals surface area contributed by atoms with Gasteiger partial charge in [0.2, 0.25) is 5.82 Å². The molecule has 2 aromatic carbocycles. The van der Waals surface area contributed by atoms with Crippen molar-refractivity contribution in [2.24, 2.45) is 5.92 Å². The van der Waals surface area contributed by atoms with Gasteiger partial charge in [-0.1, -0.05) is 67.9 Å². The van der Waals surface area contributed by atoms with Crippen molar-refractivity contribution < 1.29 is 22.5 Å². The number of nitrogens with one attached hydrogen (secondary N) is 1. The minimum absolute atomic E-state index is 0.179. The lowest BCUT2D eigenvalue weighted by atomic mass is 9.91. The Labute approximate surface area is 165 Å². The first-order valence-corrected chi connectivity index (χ1v) is 9.16. The quantitative estimate of drug-likeness (QED) is 0.617. The third kappa shape index (κ3) is 4.82. The molecule has 3 aromatic rings. The second-order valence-electron chi connectivity index (χ2n) is 6.75. The van der Waals surface area contributed by atoms with E-state index in [2.05, 4.69) is 15.5 Å². The maximum atomic E-state index is 12.7.